The van der Waals surface area contributed by atoms with Crippen molar-refractivity contribution in [1.29, 1.82) is 0 Å². The number of nitrogens with one attached hydrogen (secondary N) is 2. The van der Waals surface area contributed by atoms with Gasteiger partial charge in [0, 0.05) is 25.3 Å². The number of amidine groups is 1. The predicted molar refractivity (Wildman–Crippen MR) is 109 cm³/mol. The van der Waals surface area contributed by atoms with Crippen LogP contribution in [0, 0.1) is 0 Å². The van der Waals surface area contributed by atoms with Crippen LogP contribution >= 0.6 is 0 Å². The number of ether oxygens (including phenoxy) is 2. The number of nitrogens with zero attached hydrogens (tertiary/aromatic N) is 2. The summed E-state index contributed by atoms with van der Waals surface area (Å²) >= 11 is 0. The van der Waals surface area contributed by atoms with E-state index in [1.807, 2.05) is 49.4 Å². The summed E-state index contributed by atoms with van der Waals surface area (Å²) in [5.41, 5.74) is 2.34. The number of morpholine rings is 1. The average Bonchev–Trinajstić information content (AvgIpc) is 2.89. The lowest BCUT2D eigenvalue weighted by Crippen LogP contribution is -2.41. The fraction of sp³-hybridized carbons (Fsp3) is 0.333. The largest absolute Gasteiger partial charge is 0.454 e. The third-order valence-electron chi connectivity index (χ3n) is 4.64. The number of aliphatic imine (C=N–C) groups is 1. The van der Waals surface area contributed by atoms with Crippen LogP contribution in [-0.2, 0) is 4.74 Å². The number of rotatable bonds is 3. The van der Waals surface area contributed by atoms with Crippen molar-refractivity contribution in [2.45, 2.75) is 13.3 Å². The number of para-hydroxylation sites is 2. The highest BCUT2D eigenvalue weighted by molar-refractivity contribution is 6.05. The van der Waals surface area contributed by atoms with Gasteiger partial charge in [-0.3, -0.25) is 0 Å². The van der Waals surface area contributed by atoms with Gasteiger partial charge in [-0.25, -0.2) is 9.79 Å². The summed E-state index contributed by atoms with van der Waals surface area (Å²) in [5.74, 6) is 2.27. The Morgan fingerprint density at radius 2 is 1.96 bits per heavy atom. The molecule has 0 unspecified atom stereocenters. The van der Waals surface area contributed by atoms with Crippen molar-refractivity contribution in [2.24, 2.45) is 4.99 Å². The third kappa shape index (κ3) is 3.94. The second-order valence-corrected chi connectivity index (χ2v) is 6.70. The summed E-state index contributed by atoms with van der Waals surface area (Å²) in [6, 6.07) is 13.2. The number of benzene rings is 2. The van der Waals surface area contributed by atoms with E-state index in [9.17, 15) is 4.79 Å². The van der Waals surface area contributed by atoms with Crippen molar-refractivity contribution in [1.82, 2.24) is 10.2 Å². The quantitative estimate of drug-likeness (QED) is 0.851. The van der Waals surface area contributed by atoms with Gasteiger partial charge in [-0.1, -0.05) is 19.1 Å². The maximum Gasteiger partial charge on any atom is 0.319 e. The number of carbonyl (C=O) groups is 1. The number of amides is 2. The zero-order chi connectivity index (χ0) is 19.3. The van der Waals surface area contributed by atoms with Crippen LogP contribution in [0.1, 0.15) is 18.9 Å². The first-order chi connectivity index (χ1) is 13.7. The molecule has 0 aromatic heterocycles. The maximum absolute atomic E-state index is 12.1. The highest BCUT2D eigenvalue weighted by Gasteiger charge is 2.24. The zero-order valence-electron chi connectivity index (χ0n) is 15.9. The van der Waals surface area contributed by atoms with Gasteiger partial charge in [0.25, 0.3) is 0 Å². The summed E-state index contributed by atoms with van der Waals surface area (Å²) in [6.07, 6.45) is 0.886. The van der Waals surface area contributed by atoms with Gasteiger partial charge < -0.3 is 25.0 Å². The van der Waals surface area contributed by atoms with Crippen molar-refractivity contribution in [3.8, 4) is 11.5 Å². The number of hydrogen-bond acceptors (Lipinski definition) is 5. The van der Waals surface area contributed by atoms with Crippen molar-refractivity contribution < 1.29 is 14.3 Å². The van der Waals surface area contributed by atoms with Crippen molar-refractivity contribution in [3.63, 3.8) is 0 Å². The number of carbonyl (C=O) groups excluding carboxylic acids is 1. The Morgan fingerprint density at radius 3 is 2.79 bits per heavy atom. The Balaban J connectivity index is 1.71. The van der Waals surface area contributed by atoms with E-state index in [1.54, 1.807) is 0 Å². The van der Waals surface area contributed by atoms with E-state index in [2.05, 4.69) is 15.5 Å². The second kappa shape index (κ2) is 8.31. The van der Waals surface area contributed by atoms with Gasteiger partial charge in [-0.05, 0) is 36.8 Å². The molecule has 2 aliphatic heterocycles. The minimum absolute atomic E-state index is 0.218. The van der Waals surface area contributed by atoms with E-state index < -0.39 is 0 Å². The standard InChI is InChI=1S/C21H24N4O3/c1-2-9-22-21(26)23-15-7-8-18-16(14-15)20(25-10-12-27-13-11-25)24-17-5-3-4-6-19(17)28-18/h3-8,14H,2,9-13H2,1H3,(H2,22,23,26). The van der Waals surface area contributed by atoms with Crippen LogP contribution in [0.2, 0.25) is 0 Å². The first-order valence-corrected chi connectivity index (χ1v) is 9.62. The molecule has 0 atom stereocenters. The Morgan fingerprint density at radius 1 is 1.14 bits per heavy atom. The number of hydrogen-bond donors (Lipinski definition) is 2. The topological polar surface area (TPSA) is 75.2 Å². The number of anilines is 1. The lowest BCUT2D eigenvalue weighted by molar-refractivity contribution is 0.0683. The molecule has 146 valence electrons. The molecule has 0 bridgehead atoms. The molecule has 0 saturated carbocycles. The number of fused-ring (bicyclic) bond motifs is 2. The zero-order valence-corrected chi connectivity index (χ0v) is 15.9. The molecule has 2 aliphatic rings. The molecule has 2 N–H and O–H groups in total. The predicted octanol–water partition coefficient (Wildman–Crippen LogP) is 3.73. The molecule has 1 saturated heterocycles. The summed E-state index contributed by atoms with van der Waals surface area (Å²) in [4.78, 5) is 19.2. The van der Waals surface area contributed by atoms with Crippen molar-refractivity contribution in [2.75, 3.05) is 38.2 Å². The molecule has 7 heteroatoms. The molecule has 28 heavy (non-hydrogen) atoms. The first-order valence-electron chi connectivity index (χ1n) is 9.62. The first kappa shape index (κ1) is 18.3. The summed E-state index contributed by atoms with van der Waals surface area (Å²) in [7, 11) is 0. The molecule has 2 heterocycles. The van der Waals surface area contributed by atoms with E-state index >= 15 is 0 Å². The molecule has 2 aromatic rings. The third-order valence-corrected chi connectivity index (χ3v) is 4.64. The summed E-state index contributed by atoms with van der Waals surface area (Å²) in [5, 5.41) is 5.71. The lowest BCUT2D eigenvalue weighted by Gasteiger charge is -2.30. The monoisotopic (exact) mass is 380 g/mol. The fourth-order valence-electron chi connectivity index (χ4n) is 3.23. The van der Waals surface area contributed by atoms with Crippen molar-refractivity contribution >= 4 is 23.2 Å². The Hall–Kier alpha value is -3.06. The van der Waals surface area contributed by atoms with Crippen LogP contribution in [0.4, 0.5) is 16.2 Å². The molecular formula is C21H24N4O3. The van der Waals surface area contributed by atoms with Gasteiger partial charge in [0.2, 0.25) is 0 Å². The molecular weight excluding hydrogens is 356 g/mol. The normalized spacial score (nSPS) is 15.5. The highest BCUT2D eigenvalue weighted by atomic mass is 16.5. The molecule has 2 amide bonds. The Kier molecular flexibility index (Phi) is 5.43. The molecule has 2 aromatic carbocycles. The van der Waals surface area contributed by atoms with Gasteiger partial charge >= 0.3 is 6.03 Å². The van der Waals surface area contributed by atoms with Gasteiger partial charge in [-0.15, -0.1) is 0 Å². The molecule has 4 rings (SSSR count). The van der Waals surface area contributed by atoms with E-state index in [4.69, 9.17) is 14.5 Å². The molecule has 1 fully saturated rings. The minimum Gasteiger partial charge on any atom is -0.454 e. The van der Waals surface area contributed by atoms with E-state index in [1.165, 1.54) is 0 Å². The van der Waals surface area contributed by atoms with Crippen LogP contribution in [-0.4, -0.2) is 49.6 Å². The van der Waals surface area contributed by atoms with Crippen LogP contribution in [0.25, 0.3) is 0 Å². The van der Waals surface area contributed by atoms with E-state index in [0.717, 1.165) is 42.3 Å². The van der Waals surface area contributed by atoms with Crippen LogP contribution < -0.4 is 15.4 Å². The molecule has 0 spiro atoms. The highest BCUT2D eigenvalue weighted by Crippen LogP contribution is 2.39. The van der Waals surface area contributed by atoms with Gasteiger partial charge in [-0.2, -0.15) is 0 Å². The maximum atomic E-state index is 12.1. The lowest BCUT2D eigenvalue weighted by atomic mass is 10.1. The SMILES string of the molecule is CCCNC(=O)Nc1ccc2c(c1)C(N1CCOCC1)=Nc1ccccc1O2. The molecule has 7 nitrogen and oxygen atoms in total. The smallest absolute Gasteiger partial charge is 0.319 e. The Bertz CT molecular complexity index is 891. The second-order valence-electron chi connectivity index (χ2n) is 6.70. The summed E-state index contributed by atoms with van der Waals surface area (Å²) < 4.78 is 11.6. The van der Waals surface area contributed by atoms with Crippen LogP contribution in [0.15, 0.2) is 47.5 Å². The Labute approximate surface area is 164 Å². The average molecular weight is 380 g/mol. The van der Waals surface area contributed by atoms with Crippen LogP contribution in [0.3, 0.4) is 0 Å². The van der Waals surface area contributed by atoms with Gasteiger partial charge in [0.15, 0.2) is 5.75 Å². The molecule has 0 radical (unpaired) electrons. The minimum atomic E-state index is -0.218. The van der Waals surface area contributed by atoms with Crippen LogP contribution in [0.5, 0.6) is 11.5 Å². The van der Waals surface area contributed by atoms with Gasteiger partial charge in [0.05, 0.1) is 18.8 Å². The fourth-order valence-corrected chi connectivity index (χ4v) is 3.23. The molecule has 0 aliphatic carbocycles. The van der Waals surface area contributed by atoms with Gasteiger partial charge in [0.1, 0.15) is 17.3 Å². The summed E-state index contributed by atoms with van der Waals surface area (Å²) in [6.45, 7) is 5.49. The van der Waals surface area contributed by atoms with Crippen molar-refractivity contribution in [3.05, 3.63) is 48.0 Å². The van der Waals surface area contributed by atoms with E-state index in [-0.39, 0.29) is 6.03 Å². The van der Waals surface area contributed by atoms with E-state index in [0.29, 0.717) is 31.2 Å². The number of urea groups is 1.